The van der Waals surface area contributed by atoms with Gasteiger partial charge in [0.2, 0.25) is 5.91 Å². The maximum Gasteiger partial charge on any atom is 0.312 e. The van der Waals surface area contributed by atoms with E-state index in [-0.39, 0.29) is 31.4 Å². The Bertz CT molecular complexity index is 1440. The molecule has 40 heavy (non-hydrogen) atoms. The molecule has 12 nitrogen and oxygen atoms in total. The molecule has 9 N–H and O–H groups in total. The van der Waals surface area contributed by atoms with Gasteiger partial charge in [0.25, 0.3) is 5.91 Å². The number of nitrogens with two attached hydrogens (primary N) is 4. The van der Waals surface area contributed by atoms with Gasteiger partial charge in [-0.25, -0.2) is 9.78 Å². The first kappa shape index (κ1) is 28.4. The first-order valence-corrected chi connectivity index (χ1v) is 13.3. The van der Waals surface area contributed by atoms with Crippen molar-refractivity contribution >= 4 is 34.8 Å². The number of amides is 4. The number of aliphatic imine (C=N–C) groups is 1. The van der Waals surface area contributed by atoms with E-state index in [2.05, 4.69) is 14.9 Å². The highest BCUT2D eigenvalue weighted by molar-refractivity contribution is 6.00. The Morgan fingerprint density at radius 2 is 1.77 bits per heavy atom. The summed E-state index contributed by atoms with van der Waals surface area (Å²) in [5.74, 6) is 0.511. The molecular formula is C28H37N9O3. The second-order valence-electron chi connectivity index (χ2n) is 10.3. The zero-order valence-electron chi connectivity index (χ0n) is 22.9. The van der Waals surface area contributed by atoms with E-state index in [1.54, 1.807) is 0 Å². The summed E-state index contributed by atoms with van der Waals surface area (Å²) in [6.45, 7) is 2.67. The number of hydrogen-bond donors (Lipinski definition) is 5. The van der Waals surface area contributed by atoms with Crippen LogP contribution in [-0.2, 0) is 24.9 Å². The lowest BCUT2D eigenvalue weighted by Gasteiger charge is -2.30. The molecule has 1 saturated carbocycles. The number of fused-ring (bicyclic) bond motifs is 1. The molecule has 1 aliphatic carbocycles. The van der Waals surface area contributed by atoms with Gasteiger partial charge in [-0.1, -0.05) is 24.3 Å². The Balaban J connectivity index is 1.66. The minimum absolute atomic E-state index is 0.0417. The van der Waals surface area contributed by atoms with Crippen LogP contribution in [0.5, 0.6) is 0 Å². The van der Waals surface area contributed by atoms with Crippen LogP contribution in [0.1, 0.15) is 64.5 Å². The summed E-state index contributed by atoms with van der Waals surface area (Å²) >= 11 is 0. The molecular weight excluding hydrogens is 510 g/mol. The van der Waals surface area contributed by atoms with Crippen LogP contribution in [0.4, 0.5) is 4.79 Å². The van der Waals surface area contributed by atoms with Crippen molar-refractivity contribution in [2.24, 2.45) is 35.0 Å². The summed E-state index contributed by atoms with van der Waals surface area (Å²) < 4.78 is 2.06. The Morgan fingerprint density at radius 3 is 2.38 bits per heavy atom. The molecule has 1 fully saturated rings. The molecule has 1 aliphatic rings. The van der Waals surface area contributed by atoms with Gasteiger partial charge in [0, 0.05) is 38.2 Å². The van der Waals surface area contributed by atoms with Crippen LogP contribution in [0.2, 0.25) is 0 Å². The van der Waals surface area contributed by atoms with E-state index in [4.69, 9.17) is 27.9 Å². The lowest BCUT2D eigenvalue weighted by molar-refractivity contribution is -0.122. The van der Waals surface area contributed by atoms with Gasteiger partial charge in [0.05, 0.1) is 11.0 Å². The third kappa shape index (κ3) is 6.68. The quantitative estimate of drug-likeness (QED) is 0.129. The standard InChI is InChI=1S/C28H37N9O3/c1-16-12-20(13-22-23(16)35-25(36(22)2)19-9-10-19)26(39)37(21(24(29)38)4-3-11-33-27(30)31)15-18-7-5-17(6-8-18)14-34-28(32)40/h5-8,12-13,19,21H,3-4,9-11,14-15H2,1-2H3,(H2,29,38)(H4,30,31,33)(H3,32,34,40)/t21-/m1/s1. The van der Waals surface area contributed by atoms with Crippen LogP contribution in [-0.4, -0.2) is 50.8 Å². The fourth-order valence-corrected chi connectivity index (χ4v) is 4.89. The first-order valence-electron chi connectivity index (χ1n) is 13.3. The number of carbonyl (C=O) groups excluding carboxylic acids is 3. The van der Waals surface area contributed by atoms with Gasteiger partial charge in [0.15, 0.2) is 5.96 Å². The summed E-state index contributed by atoms with van der Waals surface area (Å²) in [6, 6.07) is 9.50. The number of imidazole rings is 1. The van der Waals surface area contributed by atoms with Crippen molar-refractivity contribution < 1.29 is 14.4 Å². The summed E-state index contributed by atoms with van der Waals surface area (Å²) in [7, 11) is 1.97. The number of aryl methyl sites for hydroxylation is 2. The smallest absolute Gasteiger partial charge is 0.312 e. The monoisotopic (exact) mass is 547 g/mol. The zero-order valence-corrected chi connectivity index (χ0v) is 22.9. The summed E-state index contributed by atoms with van der Waals surface area (Å²) in [4.78, 5) is 48.2. The van der Waals surface area contributed by atoms with Gasteiger partial charge in [-0.3, -0.25) is 14.6 Å². The second-order valence-corrected chi connectivity index (χ2v) is 10.3. The molecule has 4 rings (SSSR count). The van der Waals surface area contributed by atoms with Gasteiger partial charge in [-0.05, 0) is 61.4 Å². The molecule has 212 valence electrons. The van der Waals surface area contributed by atoms with Crippen molar-refractivity contribution in [3.8, 4) is 0 Å². The highest BCUT2D eigenvalue weighted by Gasteiger charge is 2.31. The Labute approximate surface area is 232 Å². The Kier molecular flexibility index (Phi) is 8.56. The van der Waals surface area contributed by atoms with Gasteiger partial charge in [-0.15, -0.1) is 0 Å². The number of nitrogens with zero attached hydrogens (tertiary/aromatic N) is 4. The lowest BCUT2D eigenvalue weighted by Crippen LogP contribution is -2.47. The number of hydrogen-bond acceptors (Lipinski definition) is 5. The highest BCUT2D eigenvalue weighted by Crippen LogP contribution is 2.40. The van der Waals surface area contributed by atoms with Crippen LogP contribution >= 0.6 is 0 Å². The van der Waals surface area contributed by atoms with Crippen molar-refractivity contribution in [2.75, 3.05) is 6.54 Å². The molecule has 2 aromatic carbocycles. The van der Waals surface area contributed by atoms with E-state index in [9.17, 15) is 14.4 Å². The van der Waals surface area contributed by atoms with Crippen molar-refractivity contribution in [3.05, 3.63) is 64.5 Å². The SMILES string of the molecule is Cc1cc(C(=O)N(Cc2ccc(CNC(N)=O)cc2)[C@H](CCCN=C(N)N)C(N)=O)cc2c1nc(C1CC1)n2C. The molecule has 0 saturated heterocycles. The fourth-order valence-electron chi connectivity index (χ4n) is 4.89. The number of rotatable bonds is 12. The normalized spacial score (nSPS) is 13.6. The van der Waals surface area contributed by atoms with Gasteiger partial charge in [0.1, 0.15) is 11.9 Å². The predicted molar refractivity (Wildman–Crippen MR) is 153 cm³/mol. The van der Waals surface area contributed by atoms with Crippen LogP contribution < -0.4 is 28.3 Å². The molecule has 0 bridgehead atoms. The number of primary amides is 2. The van der Waals surface area contributed by atoms with Crippen LogP contribution in [0, 0.1) is 6.92 Å². The Morgan fingerprint density at radius 1 is 1.10 bits per heavy atom. The molecule has 3 aromatic rings. The molecule has 12 heteroatoms. The average Bonchev–Trinajstić information content (AvgIpc) is 3.69. The summed E-state index contributed by atoms with van der Waals surface area (Å²) in [5, 5.41) is 2.55. The van der Waals surface area contributed by atoms with Crippen molar-refractivity contribution in [1.82, 2.24) is 19.8 Å². The Hall–Kier alpha value is -4.61. The molecule has 1 atom stereocenters. The minimum Gasteiger partial charge on any atom is -0.370 e. The van der Waals surface area contributed by atoms with Crippen molar-refractivity contribution in [3.63, 3.8) is 0 Å². The van der Waals surface area contributed by atoms with Crippen molar-refractivity contribution in [1.29, 1.82) is 0 Å². The number of aromatic nitrogens is 2. The average molecular weight is 548 g/mol. The maximum atomic E-state index is 14.1. The molecule has 4 amide bonds. The number of carbonyl (C=O) groups is 3. The van der Waals surface area contributed by atoms with Crippen LogP contribution in [0.15, 0.2) is 41.4 Å². The molecule has 0 spiro atoms. The largest absolute Gasteiger partial charge is 0.370 e. The summed E-state index contributed by atoms with van der Waals surface area (Å²) in [5.41, 5.74) is 26.6. The number of benzene rings is 2. The highest BCUT2D eigenvalue weighted by atomic mass is 16.2. The van der Waals surface area contributed by atoms with Crippen LogP contribution in [0.25, 0.3) is 11.0 Å². The fraction of sp³-hybridized carbons (Fsp3) is 0.393. The molecule has 0 aliphatic heterocycles. The van der Waals surface area contributed by atoms with Crippen LogP contribution in [0.3, 0.4) is 0 Å². The van der Waals surface area contributed by atoms with Gasteiger partial charge < -0.3 is 37.7 Å². The number of nitrogens with one attached hydrogen (secondary N) is 1. The number of urea groups is 1. The summed E-state index contributed by atoms with van der Waals surface area (Å²) in [6.07, 6.45) is 2.98. The van der Waals surface area contributed by atoms with Gasteiger partial charge in [-0.2, -0.15) is 0 Å². The lowest BCUT2D eigenvalue weighted by atomic mass is 10.0. The third-order valence-corrected chi connectivity index (χ3v) is 7.14. The minimum atomic E-state index is -0.887. The van der Waals surface area contributed by atoms with Gasteiger partial charge >= 0.3 is 6.03 Å². The first-order chi connectivity index (χ1) is 19.0. The van der Waals surface area contributed by atoms with Crippen molar-refractivity contribution in [2.45, 2.75) is 57.7 Å². The van der Waals surface area contributed by atoms with E-state index in [1.807, 2.05) is 50.4 Å². The second kappa shape index (κ2) is 12.1. The van der Waals surface area contributed by atoms with E-state index >= 15 is 0 Å². The maximum absolute atomic E-state index is 14.1. The third-order valence-electron chi connectivity index (χ3n) is 7.14. The topological polar surface area (TPSA) is 201 Å². The number of guanidine groups is 1. The zero-order chi connectivity index (χ0) is 29.0. The molecule has 0 radical (unpaired) electrons. The van der Waals surface area contributed by atoms with E-state index < -0.39 is 18.0 Å². The van der Waals surface area contributed by atoms with E-state index in [0.717, 1.165) is 46.4 Å². The molecule has 1 aromatic heterocycles. The van der Waals surface area contributed by atoms with E-state index in [0.29, 0.717) is 24.4 Å². The molecule has 0 unspecified atom stereocenters. The van der Waals surface area contributed by atoms with E-state index in [1.165, 1.54) is 4.90 Å². The molecule has 1 heterocycles. The predicted octanol–water partition coefficient (Wildman–Crippen LogP) is 1.48.